The fraction of sp³-hybridized carbons (Fsp3) is 0.500. The highest BCUT2D eigenvalue weighted by Crippen LogP contribution is 2.51. The third-order valence-corrected chi connectivity index (χ3v) is 4.06. The minimum absolute atomic E-state index is 0. The van der Waals surface area contributed by atoms with Crippen LogP contribution in [-0.2, 0) is 0 Å². The van der Waals surface area contributed by atoms with E-state index >= 15 is 0 Å². The Morgan fingerprint density at radius 2 is 2.20 bits per heavy atom. The predicted molar refractivity (Wildman–Crippen MR) is 93.3 cm³/mol. The third-order valence-electron chi connectivity index (χ3n) is 3.76. The molecular formula is C14H19ClIN3O. The number of guanidine groups is 1. The van der Waals surface area contributed by atoms with E-state index in [9.17, 15) is 0 Å². The van der Waals surface area contributed by atoms with Gasteiger partial charge in [-0.2, -0.15) is 0 Å². The Hall–Kier alpha value is -0.690. The molecule has 1 aromatic rings. The van der Waals surface area contributed by atoms with Crippen LogP contribution in [0.2, 0.25) is 5.02 Å². The Morgan fingerprint density at radius 3 is 2.80 bits per heavy atom. The van der Waals surface area contributed by atoms with Crippen molar-refractivity contribution >= 4 is 47.2 Å². The summed E-state index contributed by atoms with van der Waals surface area (Å²) in [6.45, 7) is 0. The second-order valence-electron chi connectivity index (χ2n) is 5.29. The van der Waals surface area contributed by atoms with E-state index in [0.29, 0.717) is 22.8 Å². The average Bonchev–Trinajstić information content (AvgIpc) is 3.22. The highest BCUT2D eigenvalue weighted by molar-refractivity contribution is 14.0. The van der Waals surface area contributed by atoms with Crippen LogP contribution in [0.15, 0.2) is 23.2 Å². The molecule has 0 unspecified atom stereocenters. The van der Waals surface area contributed by atoms with Gasteiger partial charge in [-0.05, 0) is 49.3 Å². The van der Waals surface area contributed by atoms with Gasteiger partial charge < -0.3 is 15.8 Å². The summed E-state index contributed by atoms with van der Waals surface area (Å²) in [5, 5.41) is 3.63. The molecule has 4 nitrogen and oxygen atoms in total. The van der Waals surface area contributed by atoms with Gasteiger partial charge >= 0.3 is 0 Å². The minimum Gasteiger partial charge on any atom is -0.495 e. The molecule has 2 fully saturated rings. The molecule has 2 aliphatic carbocycles. The number of benzene rings is 1. The topological polar surface area (TPSA) is 59.6 Å². The van der Waals surface area contributed by atoms with Gasteiger partial charge in [0.05, 0.1) is 18.2 Å². The summed E-state index contributed by atoms with van der Waals surface area (Å²) >= 11 is 6.06. The first-order valence-corrected chi connectivity index (χ1v) is 6.99. The molecule has 20 heavy (non-hydrogen) atoms. The molecule has 0 spiro atoms. The van der Waals surface area contributed by atoms with Gasteiger partial charge in [-0.1, -0.05) is 11.6 Å². The van der Waals surface area contributed by atoms with E-state index in [4.69, 9.17) is 22.1 Å². The van der Waals surface area contributed by atoms with Crippen LogP contribution in [0.4, 0.5) is 5.69 Å². The van der Waals surface area contributed by atoms with Crippen molar-refractivity contribution < 1.29 is 4.74 Å². The molecule has 0 aromatic heterocycles. The number of nitrogens with one attached hydrogen (secondary N) is 1. The van der Waals surface area contributed by atoms with Crippen LogP contribution >= 0.6 is 35.6 Å². The Balaban J connectivity index is 0.00000147. The minimum atomic E-state index is 0. The van der Waals surface area contributed by atoms with Crippen LogP contribution in [-0.4, -0.2) is 19.1 Å². The highest BCUT2D eigenvalue weighted by atomic mass is 127. The van der Waals surface area contributed by atoms with Gasteiger partial charge in [0.15, 0.2) is 5.96 Å². The summed E-state index contributed by atoms with van der Waals surface area (Å²) in [4.78, 5) is 4.51. The lowest BCUT2D eigenvalue weighted by atomic mass is 10.3. The number of rotatable bonds is 4. The van der Waals surface area contributed by atoms with Crippen molar-refractivity contribution in [1.29, 1.82) is 0 Å². The summed E-state index contributed by atoms with van der Waals surface area (Å²) in [7, 11) is 1.59. The molecule has 0 heterocycles. The van der Waals surface area contributed by atoms with Crippen LogP contribution in [0, 0.1) is 11.8 Å². The molecule has 110 valence electrons. The summed E-state index contributed by atoms with van der Waals surface area (Å²) in [5.74, 6) is 2.81. The number of methoxy groups -OCH3 is 1. The number of nitrogens with zero attached hydrogens (tertiary/aromatic N) is 1. The van der Waals surface area contributed by atoms with Crippen LogP contribution in [0.1, 0.15) is 19.3 Å². The van der Waals surface area contributed by atoms with E-state index in [-0.39, 0.29) is 24.0 Å². The van der Waals surface area contributed by atoms with E-state index in [1.165, 1.54) is 19.3 Å². The Bertz CT molecular complexity index is 519. The quantitative estimate of drug-likeness (QED) is 0.456. The zero-order valence-corrected chi connectivity index (χ0v) is 14.4. The normalized spacial score (nSPS) is 24.8. The Labute approximate surface area is 141 Å². The fourth-order valence-electron chi connectivity index (χ4n) is 2.48. The zero-order chi connectivity index (χ0) is 13.4. The van der Waals surface area contributed by atoms with E-state index < -0.39 is 0 Å². The van der Waals surface area contributed by atoms with Gasteiger partial charge in [0, 0.05) is 5.69 Å². The monoisotopic (exact) mass is 407 g/mol. The summed E-state index contributed by atoms with van der Waals surface area (Å²) in [6, 6.07) is 5.89. The van der Waals surface area contributed by atoms with Gasteiger partial charge in [-0.25, -0.2) is 4.99 Å². The van der Waals surface area contributed by atoms with Crippen LogP contribution < -0.4 is 15.8 Å². The van der Waals surface area contributed by atoms with Crippen LogP contribution in [0.5, 0.6) is 5.75 Å². The van der Waals surface area contributed by atoms with E-state index in [2.05, 4.69) is 10.3 Å². The number of aliphatic imine (C=N–C) groups is 1. The summed E-state index contributed by atoms with van der Waals surface area (Å²) in [5.41, 5.74) is 6.74. The molecule has 0 amide bonds. The first-order valence-electron chi connectivity index (χ1n) is 6.61. The molecule has 0 bridgehead atoms. The molecule has 1 aromatic carbocycles. The standard InChI is InChI=1S/C14H18ClN3O.HI/c1-19-13-5-4-9(6-11(13)15)17-14(16)18-12-7-10(12)8-2-3-8;/h4-6,8,10,12H,2-3,7H2,1H3,(H3,16,17,18);1H/t10-,12+;/m0./s1. The molecule has 2 atom stereocenters. The molecule has 0 aliphatic heterocycles. The number of nitrogens with two attached hydrogens (primary N) is 1. The summed E-state index contributed by atoms with van der Waals surface area (Å²) in [6.07, 6.45) is 3.94. The van der Waals surface area contributed by atoms with E-state index in [1.54, 1.807) is 13.2 Å². The lowest BCUT2D eigenvalue weighted by molar-refractivity contribution is 0.415. The Kier molecular flexibility index (Phi) is 5.01. The van der Waals surface area contributed by atoms with E-state index in [0.717, 1.165) is 17.5 Å². The van der Waals surface area contributed by atoms with Crippen molar-refractivity contribution in [2.75, 3.05) is 12.4 Å². The third kappa shape index (κ3) is 3.69. The lowest BCUT2D eigenvalue weighted by Gasteiger charge is -2.08. The number of hydrogen-bond acceptors (Lipinski definition) is 2. The van der Waals surface area contributed by atoms with Gasteiger partial charge in [0.25, 0.3) is 0 Å². The number of ether oxygens (including phenoxy) is 1. The van der Waals surface area contributed by atoms with E-state index in [1.807, 2.05) is 12.1 Å². The van der Waals surface area contributed by atoms with Crippen molar-refractivity contribution in [1.82, 2.24) is 0 Å². The smallest absolute Gasteiger partial charge is 0.193 e. The molecule has 0 radical (unpaired) electrons. The second-order valence-corrected chi connectivity index (χ2v) is 5.70. The average molecular weight is 408 g/mol. The van der Waals surface area contributed by atoms with Crippen molar-refractivity contribution in [3.05, 3.63) is 23.2 Å². The maximum atomic E-state index is 6.06. The lowest BCUT2D eigenvalue weighted by Crippen LogP contribution is -2.23. The summed E-state index contributed by atoms with van der Waals surface area (Å²) < 4.78 is 5.11. The molecule has 2 aliphatic rings. The SMILES string of the molecule is COc1ccc(NC(N)=N[C@@H]2C[C@H]2C2CC2)cc1Cl.I. The Morgan fingerprint density at radius 1 is 1.45 bits per heavy atom. The van der Waals surface area contributed by atoms with Crippen molar-refractivity contribution in [2.45, 2.75) is 25.3 Å². The van der Waals surface area contributed by atoms with Crippen LogP contribution in [0.25, 0.3) is 0 Å². The maximum absolute atomic E-state index is 6.06. The van der Waals surface area contributed by atoms with Crippen LogP contribution in [0.3, 0.4) is 0 Å². The number of hydrogen-bond donors (Lipinski definition) is 2. The molecule has 3 N–H and O–H groups in total. The molecule has 6 heteroatoms. The van der Waals surface area contributed by atoms with Crippen molar-refractivity contribution in [3.63, 3.8) is 0 Å². The number of anilines is 1. The van der Waals surface area contributed by atoms with Gasteiger partial charge in [0.2, 0.25) is 0 Å². The first kappa shape index (κ1) is 15.7. The van der Waals surface area contributed by atoms with Gasteiger partial charge in [-0.3, -0.25) is 0 Å². The molecule has 2 saturated carbocycles. The molecule has 0 saturated heterocycles. The van der Waals surface area contributed by atoms with Gasteiger partial charge in [-0.15, -0.1) is 24.0 Å². The van der Waals surface area contributed by atoms with Crippen molar-refractivity contribution in [2.24, 2.45) is 22.6 Å². The number of halogens is 2. The maximum Gasteiger partial charge on any atom is 0.193 e. The highest BCUT2D eigenvalue weighted by Gasteiger charge is 2.47. The molecular weight excluding hydrogens is 389 g/mol. The first-order chi connectivity index (χ1) is 9.17. The van der Waals surface area contributed by atoms with Crippen molar-refractivity contribution in [3.8, 4) is 5.75 Å². The zero-order valence-electron chi connectivity index (χ0n) is 11.3. The largest absolute Gasteiger partial charge is 0.495 e. The predicted octanol–water partition coefficient (Wildman–Crippen LogP) is 3.49. The molecule has 3 rings (SSSR count). The van der Waals surface area contributed by atoms with Gasteiger partial charge in [0.1, 0.15) is 5.75 Å². The fourth-order valence-corrected chi connectivity index (χ4v) is 2.74. The second kappa shape index (κ2) is 6.39.